The summed E-state index contributed by atoms with van der Waals surface area (Å²) in [6.07, 6.45) is 2.60. The highest BCUT2D eigenvalue weighted by Gasteiger charge is 2.15. The van der Waals surface area contributed by atoms with Gasteiger partial charge in [0.15, 0.2) is 17.5 Å². The fraction of sp³-hybridized carbons (Fsp3) is 0.588. The van der Waals surface area contributed by atoms with Crippen LogP contribution < -0.4 is 24.8 Å². The maximum Gasteiger partial charge on any atom is 0.231 e. The Kier molecular flexibility index (Phi) is 8.80. The molecule has 1 saturated heterocycles. The van der Waals surface area contributed by atoms with E-state index in [2.05, 4.69) is 22.5 Å². The summed E-state index contributed by atoms with van der Waals surface area (Å²) in [5.74, 6) is 4.42. The van der Waals surface area contributed by atoms with E-state index < -0.39 is 0 Å². The molecule has 0 bridgehead atoms. The number of rotatable bonds is 7. The van der Waals surface area contributed by atoms with Gasteiger partial charge in [-0.05, 0) is 37.7 Å². The molecular weight excluding hydrogens is 453 g/mol. The molecule has 0 spiro atoms. The zero-order valence-corrected chi connectivity index (χ0v) is 17.6. The van der Waals surface area contributed by atoms with Crippen LogP contribution >= 0.6 is 35.7 Å². The first kappa shape index (κ1) is 20.3. The molecule has 140 valence electrons. The topological polar surface area (TPSA) is 64.1 Å². The molecule has 1 aromatic carbocycles. The predicted octanol–water partition coefficient (Wildman–Crippen LogP) is 2.86. The fourth-order valence-electron chi connectivity index (χ4n) is 2.63. The third-order valence-corrected chi connectivity index (χ3v) is 5.21. The van der Waals surface area contributed by atoms with Crippen molar-refractivity contribution in [1.29, 1.82) is 0 Å². The first-order valence-electron chi connectivity index (χ1n) is 8.51. The van der Waals surface area contributed by atoms with E-state index in [-0.39, 0.29) is 30.8 Å². The molecule has 8 heteroatoms. The van der Waals surface area contributed by atoms with Gasteiger partial charge in [-0.2, -0.15) is 11.8 Å². The summed E-state index contributed by atoms with van der Waals surface area (Å²) in [5.41, 5.74) is 0. The van der Waals surface area contributed by atoms with E-state index in [1.165, 1.54) is 18.6 Å². The summed E-state index contributed by atoms with van der Waals surface area (Å²) in [4.78, 5) is 4.67. The number of guanidine groups is 1. The van der Waals surface area contributed by atoms with Crippen molar-refractivity contribution < 1.29 is 14.2 Å². The number of nitrogens with zero attached hydrogens (tertiary/aromatic N) is 1. The van der Waals surface area contributed by atoms with Crippen LogP contribution in [0.4, 0.5) is 0 Å². The number of fused-ring (bicyclic) bond motifs is 1. The summed E-state index contributed by atoms with van der Waals surface area (Å²) in [6, 6.07) is 5.62. The highest BCUT2D eigenvalue weighted by Crippen LogP contribution is 2.34. The molecule has 1 unspecified atom stereocenters. The minimum Gasteiger partial charge on any atom is -0.492 e. The maximum atomic E-state index is 5.75. The third-order valence-electron chi connectivity index (χ3n) is 3.83. The summed E-state index contributed by atoms with van der Waals surface area (Å²) >= 11 is 2.03. The van der Waals surface area contributed by atoms with Crippen molar-refractivity contribution >= 4 is 41.7 Å². The summed E-state index contributed by atoms with van der Waals surface area (Å²) in [7, 11) is 0. The van der Waals surface area contributed by atoms with Gasteiger partial charge in [-0.25, -0.2) is 0 Å². The molecule has 25 heavy (non-hydrogen) atoms. The maximum absolute atomic E-state index is 5.75. The Morgan fingerprint density at radius 2 is 2.20 bits per heavy atom. The molecule has 0 amide bonds. The molecule has 2 heterocycles. The van der Waals surface area contributed by atoms with Gasteiger partial charge in [0.1, 0.15) is 12.4 Å². The van der Waals surface area contributed by atoms with Gasteiger partial charge in [-0.15, -0.1) is 24.0 Å². The number of hydrogen-bond donors (Lipinski definition) is 2. The molecule has 6 nitrogen and oxygen atoms in total. The van der Waals surface area contributed by atoms with Crippen LogP contribution in [0.2, 0.25) is 0 Å². The van der Waals surface area contributed by atoms with Crippen molar-refractivity contribution in [3.63, 3.8) is 0 Å². The zero-order chi connectivity index (χ0) is 16.6. The molecular formula is C17H26IN3O3S. The van der Waals surface area contributed by atoms with Gasteiger partial charge in [0.2, 0.25) is 6.79 Å². The van der Waals surface area contributed by atoms with Crippen molar-refractivity contribution in [3.8, 4) is 17.2 Å². The molecule has 1 aromatic rings. The monoisotopic (exact) mass is 479 g/mol. The molecule has 0 saturated carbocycles. The van der Waals surface area contributed by atoms with Crippen molar-refractivity contribution in [2.45, 2.75) is 25.0 Å². The van der Waals surface area contributed by atoms with E-state index in [0.29, 0.717) is 18.4 Å². The van der Waals surface area contributed by atoms with Crippen LogP contribution in [-0.2, 0) is 0 Å². The van der Waals surface area contributed by atoms with Crippen LogP contribution in [0.1, 0.15) is 19.8 Å². The van der Waals surface area contributed by atoms with Crippen LogP contribution in [0.5, 0.6) is 17.2 Å². The SMILES string of the molecule is CCNC(=NCC1CCCS1)NCCOc1ccc2c(c1)OCO2.I. The van der Waals surface area contributed by atoms with E-state index >= 15 is 0 Å². The lowest BCUT2D eigenvalue weighted by molar-refractivity contribution is 0.173. The smallest absolute Gasteiger partial charge is 0.231 e. The number of ether oxygens (including phenoxy) is 3. The molecule has 2 aliphatic rings. The number of aliphatic imine (C=N–C) groups is 1. The lowest BCUT2D eigenvalue weighted by atomic mass is 10.2. The molecule has 1 fully saturated rings. The highest BCUT2D eigenvalue weighted by atomic mass is 127. The fourth-order valence-corrected chi connectivity index (χ4v) is 3.81. The third kappa shape index (κ3) is 6.32. The average molecular weight is 479 g/mol. The van der Waals surface area contributed by atoms with Gasteiger partial charge in [0.25, 0.3) is 0 Å². The molecule has 2 aliphatic heterocycles. The summed E-state index contributed by atoms with van der Waals surface area (Å²) in [6.45, 7) is 5.34. The standard InChI is InChI=1S/C17H25N3O3S.HI/c1-2-18-17(20-11-14-4-3-9-24-14)19-7-8-21-13-5-6-15-16(10-13)23-12-22-15;/h5-6,10,14H,2-4,7-9,11-12H2,1H3,(H2,18,19,20);1H. The second-order valence-electron chi connectivity index (χ2n) is 5.64. The van der Waals surface area contributed by atoms with Crippen LogP contribution in [0.3, 0.4) is 0 Å². The Balaban J connectivity index is 0.00000225. The quantitative estimate of drug-likeness (QED) is 0.272. The first-order valence-corrected chi connectivity index (χ1v) is 9.56. The second-order valence-corrected chi connectivity index (χ2v) is 7.05. The normalized spacial score (nSPS) is 18.6. The minimum absolute atomic E-state index is 0. The molecule has 0 aromatic heterocycles. The Bertz CT molecular complexity index is 568. The molecule has 2 N–H and O–H groups in total. The van der Waals surface area contributed by atoms with Crippen molar-refractivity contribution in [2.75, 3.05) is 38.8 Å². The van der Waals surface area contributed by atoms with Gasteiger partial charge in [0.05, 0.1) is 13.1 Å². The number of halogens is 1. The van der Waals surface area contributed by atoms with Crippen LogP contribution in [-0.4, -0.2) is 50.0 Å². The predicted molar refractivity (Wildman–Crippen MR) is 113 cm³/mol. The van der Waals surface area contributed by atoms with Crippen molar-refractivity contribution in [3.05, 3.63) is 18.2 Å². The lowest BCUT2D eigenvalue weighted by Crippen LogP contribution is -2.39. The van der Waals surface area contributed by atoms with Crippen molar-refractivity contribution in [1.82, 2.24) is 10.6 Å². The van der Waals surface area contributed by atoms with E-state index in [1.54, 1.807) is 0 Å². The molecule has 0 radical (unpaired) electrons. The van der Waals surface area contributed by atoms with Gasteiger partial charge in [-0.3, -0.25) is 4.99 Å². The second kappa shape index (κ2) is 10.8. The van der Waals surface area contributed by atoms with Crippen LogP contribution in [0.25, 0.3) is 0 Å². The Hall–Kier alpha value is -1.03. The lowest BCUT2D eigenvalue weighted by Gasteiger charge is -2.13. The Morgan fingerprint density at radius 3 is 3.00 bits per heavy atom. The minimum atomic E-state index is 0. The summed E-state index contributed by atoms with van der Waals surface area (Å²) < 4.78 is 16.4. The average Bonchev–Trinajstić information content (AvgIpc) is 3.27. The van der Waals surface area contributed by atoms with Gasteiger partial charge in [0, 0.05) is 17.9 Å². The van der Waals surface area contributed by atoms with Gasteiger partial charge in [-0.1, -0.05) is 0 Å². The zero-order valence-electron chi connectivity index (χ0n) is 14.5. The summed E-state index contributed by atoms with van der Waals surface area (Å²) in [5, 5.41) is 7.26. The van der Waals surface area contributed by atoms with E-state index in [4.69, 9.17) is 14.2 Å². The Morgan fingerprint density at radius 1 is 1.32 bits per heavy atom. The van der Waals surface area contributed by atoms with E-state index in [9.17, 15) is 0 Å². The van der Waals surface area contributed by atoms with E-state index in [0.717, 1.165) is 36.3 Å². The number of benzene rings is 1. The first-order chi connectivity index (χ1) is 11.8. The van der Waals surface area contributed by atoms with Crippen LogP contribution in [0, 0.1) is 0 Å². The van der Waals surface area contributed by atoms with Crippen molar-refractivity contribution in [2.24, 2.45) is 4.99 Å². The Labute approximate surface area is 170 Å². The largest absolute Gasteiger partial charge is 0.492 e. The van der Waals surface area contributed by atoms with E-state index in [1.807, 2.05) is 30.0 Å². The highest BCUT2D eigenvalue weighted by molar-refractivity contribution is 14.0. The molecule has 3 rings (SSSR count). The molecule has 0 aliphatic carbocycles. The number of hydrogen-bond acceptors (Lipinski definition) is 5. The van der Waals surface area contributed by atoms with Gasteiger partial charge < -0.3 is 24.8 Å². The number of thioether (sulfide) groups is 1. The van der Waals surface area contributed by atoms with Crippen LogP contribution in [0.15, 0.2) is 23.2 Å². The number of nitrogens with one attached hydrogen (secondary N) is 2. The molecule has 1 atom stereocenters. The van der Waals surface area contributed by atoms with Gasteiger partial charge >= 0.3 is 0 Å².